The lowest BCUT2D eigenvalue weighted by Gasteiger charge is -2.26. The first-order valence-corrected chi connectivity index (χ1v) is 11.3. The van der Waals surface area contributed by atoms with Crippen LogP contribution >= 0.6 is 0 Å². The summed E-state index contributed by atoms with van der Waals surface area (Å²) in [4.78, 5) is 71.7. The number of aliphatic carboxylic acids is 3. The number of carboxylic acid groups (broad SMARTS) is 3. The van der Waals surface area contributed by atoms with Crippen LogP contribution in [0, 0.1) is 5.92 Å². The molecular weight excluding hydrogens is 452 g/mol. The number of amides is 3. The van der Waals surface area contributed by atoms with Gasteiger partial charge in [0, 0.05) is 12.8 Å². The zero-order valence-corrected chi connectivity index (χ0v) is 19.3. The molecule has 0 aromatic heterocycles. The van der Waals surface area contributed by atoms with Crippen LogP contribution in [0.1, 0.15) is 58.8 Å². The Hall–Kier alpha value is -3.22. The van der Waals surface area contributed by atoms with Crippen molar-refractivity contribution in [2.24, 2.45) is 5.92 Å². The van der Waals surface area contributed by atoms with E-state index in [1.807, 2.05) is 0 Å². The molecule has 5 atom stereocenters. The van der Waals surface area contributed by atoms with Gasteiger partial charge in [-0.2, -0.15) is 0 Å². The Bertz CT molecular complexity index is 767. The number of hydrogen-bond donors (Lipinski definition) is 7. The van der Waals surface area contributed by atoms with Crippen LogP contribution < -0.4 is 21.3 Å². The minimum Gasteiger partial charge on any atom is -0.481 e. The molecule has 13 nitrogen and oxygen atoms in total. The Balaban J connectivity index is 2.99. The Morgan fingerprint density at radius 1 is 0.882 bits per heavy atom. The SMILES string of the molecule is CC[C@H](C)[C@H](NC(=O)[C@H](CCC(=O)O)NC(=O)[C@H](CCC(=O)O)NC(=O)[C@@H]1CCCN1)C(=O)O. The third-order valence-corrected chi connectivity index (χ3v) is 5.71. The van der Waals surface area contributed by atoms with Crippen LogP contribution in [0.2, 0.25) is 0 Å². The van der Waals surface area contributed by atoms with Gasteiger partial charge < -0.3 is 36.6 Å². The number of carbonyl (C=O) groups is 6. The predicted octanol–water partition coefficient (Wildman–Crippen LogP) is -0.947. The summed E-state index contributed by atoms with van der Waals surface area (Å²) in [5.41, 5.74) is 0. The zero-order valence-electron chi connectivity index (χ0n) is 19.3. The van der Waals surface area contributed by atoms with Crippen LogP contribution in [-0.2, 0) is 28.8 Å². The maximum absolute atomic E-state index is 12.9. The third-order valence-electron chi connectivity index (χ3n) is 5.71. The molecule has 0 bridgehead atoms. The van der Waals surface area contributed by atoms with E-state index in [1.165, 1.54) is 0 Å². The van der Waals surface area contributed by atoms with Gasteiger partial charge in [-0.15, -0.1) is 0 Å². The van der Waals surface area contributed by atoms with Crippen molar-refractivity contribution in [1.29, 1.82) is 0 Å². The van der Waals surface area contributed by atoms with Crippen LogP contribution in [0.4, 0.5) is 0 Å². The second kappa shape index (κ2) is 14.1. The number of carbonyl (C=O) groups excluding carboxylic acids is 3. The average Bonchev–Trinajstić information content (AvgIpc) is 3.31. The van der Waals surface area contributed by atoms with Gasteiger partial charge in [-0.25, -0.2) is 4.79 Å². The van der Waals surface area contributed by atoms with E-state index >= 15 is 0 Å². The lowest BCUT2D eigenvalue weighted by Crippen LogP contribution is -2.57. The molecule has 13 heteroatoms. The monoisotopic (exact) mass is 486 g/mol. The zero-order chi connectivity index (χ0) is 25.8. The molecule has 7 N–H and O–H groups in total. The summed E-state index contributed by atoms with van der Waals surface area (Å²) in [6, 6.07) is -4.46. The molecule has 1 aliphatic rings. The van der Waals surface area contributed by atoms with Crippen molar-refractivity contribution in [3.8, 4) is 0 Å². The molecule has 192 valence electrons. The average molecular weight is 487 g/mol. The molecule has 0 aromatic rings. The maximum atomic E-state index is 12.9. The molecule has 0 radical (unpaired) electrons. The van der Waals surface area contributed by atoms with E-state index in [9.17, 15) is 33.9 Å². The minimum atomic E-state index is -1.40. The van der Waals surface area contributed by atoms with Crippen molar-refractivity contribution < 1.29 is 44.1 Å². The van der Waals surface area contributed by atoms with Gasteiger partial charge in [-0.1, -0.05) is 20.3 Å². The van der Waals surface area contributed by atoms with Crippen molar-refractivity contribution in [2.75, 3.05) is 6.54 Å². The fourth-order valence-corrected chi connectivity index (χ4v) is 3.46. The molecule has 1 aliphatic heterocycles. The maximum Gasteiger partial charge on any atom is 0.326 e. The van der Waals surface area contributed by atoms with Gasteiger partial charge in [0.25, 0.3) is 0 Å². The summed E-state index contributed by atoms with van der Waals surface area (Å²) in [5, 5.41) is 37.5. The summed E-state index contributed by atoms with van der Waals surface area (Å²) in [5.74, 6) is -6.37. The highest BCUT2D eigenvalue weighted by molar-refractivity contribution is 5.94. The number of carboxylic acids is 3. The summed E-state index contributed by atoms with van der Waals surface area (Å²) < 4.78 is 0. The topological polar surface area (TPSA) is 211 Å². The Labute approximate surface area is 197 Å². The fraction of sp³-hybridized carbons (Fsp3) is 0.714. The molecular formula is C21H34N4O9. The lowest BCUT2D eigenvalue weighted by atomic mass is 9.98. The molecule has 34 heavy (non-hydrogen) atoms. The first kappa shape index (κ1) is 28.8. The molecule has 1 saturated heterocycles. The van der Waals surface area contributed by atoms with Gasteiger partial charge in [-0.3, -0.25) is 24.0 Å². The van der Waals surface area contributed by atoms with Crippen molar-refractivity contribution >= 4 is 35.6 Å². The second-order valence-electron chi connectivity index (χ2n) is 8.35. The van der Waals surface area contributed by atoms with E-state index in [0.29, 0.717) is 19.4 Å². The van der Waals surface area contributed by atoms with Gasteiger partial charge in [-0.05, 0) is 38.1 Å². The van der Waals surface area contributed by atoms with Crippen LogP contribution in [0.3, 0.4) is 0 Å². The largest absolute Gasteiger partial charge is 0.481 e. The summed E-state index contributed by atoms with van der Waals surface area (Å²) in [6.07, 6.45) is 0.259. The Kier molecular flexibility index (Phi) is 12.0. The minimum absolute atomic E-state index is 0.252. The molecule has 0 saturated carbocycles. The highest BCUT2D eigenvalue weighted by atomic mass is 16.4. The van der Waals surface area contributed by atoms with E-state index in [2.05, 4.69) is 21.3 Å². The molecule has 0 unspecified atom stereocenters. The molecule has 1 rings (SSSR count). The van der Waals surface area contributed by atoms with Gasteiger partial charge >= 0.3 is 17.9 Å². The van der Waals surface area contributed by atoms with Crippen molar-refractivity contribution in [2.45, 2.75) is 83.0 Å². The molecule has 1 heterocycles. The van der Waals surface area contributed by atoms with E-state index in [1.54, 1.807) is 13.8 Å². The van der Waals surface area contributed by atoms with Crippen LogP contribution in [0.15, 0.2) is 0 Å². The first-order chi connectivity index (χ1) is 16.0. The predicted molar refractivity (Wildman–Crippen MR) is 118 cm³/mol. The summed E-state index contributed by atoms with van der Waals surface area (Å²) >= 11 is 0. The third kappa shape index (κ3) is 9.73. The summed E-state index contributed by atoms with van der Waals surface area (Å²) in [6.45, 7) is 3.99. The lowest BCUT2D eigenvalue weighted by molar-refractivity contribution is -0.144. The van der Waals surface area contributed by atoms with Crippen LogP contribution in [-0.4, -0.2) is 81.7 Å². The standard InChI is InChI=1S/C21H34N4O9/c1-3-11(2)17(21(33)34)25-20(32)14(7-9-16(28)29)24-19(31)13(6-8-15(26)27)23-18(30)12-5-4-10-22-12/h11-14,17,22H,3-10H2,1-2H3,(H,23,30)(H,24,31)(H,25,32)(H,26,27)(H,28,29)(H,33,34)/t11-,12-,13-,14-,17-/m0/s1. The van der Waals surface area contributed by atoms with Gasteiger partial charge in [0.1, 0.15) is 18.1 Å². The molecule has 0 aliphatic carbocycles. The molecule has 0 spiro atoms. The Morgan fingerprint density at radius 2 is 1.41 bits per heavy atom. The quantitative estimate of drug-likeness (QED) is 0.151. The fourth-order valence-electron chi connectivity index (χ4n) is 3.46. The van der Waals surface area contributed by atoms with E-state index < -0.39 is 78.6 Å². The van der Waals surface area contributed by atoms with Gasteiger partial charge in [0.05, 0.1) is 6.04 Å². The van der Waals surface area contributed by atoms with E-state index in [4.69, 9.17) is 10.2 Å². The van der Waals surface area contributed by atoms with E-state index in [-0.39, 0.29) is 12.8 Å². The van der Waals surface area contributed by atoms with Crippen LogP contribution in [0.5, 0.6) is 0 Å². The Morgan fingerprint density at radius 3 is 1.85 bits per heavy atom. The van der Waals surface area contributed by atoms with Crippen molar-refractivity contribution in [1.82, 2.24) is 21.3 Å². The number of rotatable bonds is 15. The van der Waals surface area contributed by atoms with Crippen molar-refractivity contribution in [3.63, 3.8) is 0 Å². The molecule has 0 aromatic carbocycles. The highest BCUT2D eigenvalue weighted by Crippen LogP contribution is 2.10. The van der Waals surface area contributed by atoms with Gasteiger partial charge in [0.15, 0.2) is 0 Å². The smallest absolute Gasteiger partial charge is 0.326 e. The normalized spacial score (nSPS) is 18.7. The van der Waals surface area contributed by atoms with Gasteiger partial charge in [0.2, 0.25) is 17.7 Å². The highest BCUT2D eigenvalue weighted by Gasteiger charge is 2.33. The number of hydrogen-bond acceptors (Lipinski definition) is 7. The number of nitrogens with one attached hydrogen (secondary N) is 4. The van der Waals surface area contributed by atoms with Crippen LogP contribution in [0.25, 0.3) is 0 Å². The van der Waals surface area contributed by atoms with E-state index in [0.717, 1.165) is 6.42 Å². The summed E-state index contributed by atoms with van der Waals surface area (Å²) in [7, 11) is 0. The first-order valence-electron chi connectivity index (χ1n) is 11.3. The molecule has 1 fully saturated rings. The van der Waals surface area contributed by atoms with Crippen molar-refractivity contribution in [3.05, 3.63) is 0 Å². The second-order valence-corrected chi connectivity index (χ2v) is 8.35. The molecule has 3 amide bonds.